The van der Waals surface area contributed by atoms with Crippen molar-refractivity contribution in [2.45, 2.75) is 38.6 Å². The molecule has 2 rings (SSSR count). The first-order valence-corrected chi connectivity index (χ1v) is 8.28. The van der Waals surface area contributed by atoms with E-state index in [0.717, 1.165) is 51.0 Å². The number of ether oxygens (including phenoxy) is 1. The van der Waals surface area contributed by atoms with Gasteiger partial charge in [0.15, 0.2) is 0 Å². The monoisotopic (exact) mass is 329 g/mol. The van der Waals surface area contributed by atoms with Crippen molar-refractivity contribution in [2.24, 2.45) is 5.41 Å². The van der Waals surface area contributed by atoms with Gasteiger partial charge in [-0.25, -0.2) is 4.39 Å². The standard InChI is InChI=1S/C17H25ClFNO2/c1-13(10-14-2-3-15(19)11-16(14)18)20-12-17(4-7-21)5-8-22-9-6-17/h2-3,11,13,20-21H,4-10,12H2,1H3/t13-/m0/s1. The van der Waals surface area contributed by atoms with Crippen LogP contribution in [0.2, 0.25) is 5.02 Å². The Hall–Kier alpha value is -0.680. The number of aliphatic hydroxyl groups excluding tert-OH is 1. The highest BCUT2D eigenvalue weighted by Crippen LogP contribution is 2.33. The minimum atomic E-state index is -0.307. The normalized spacial score (nSPS) is 19.1. The Kier molecular flexibility index (Phi) is 6.63. The third kappa shape index (κ3) is 4.92. The maximum absolute atomic E-state index is 13.1. The number of aliphatic hydroxyl groups is 1. The molecular formula is C17H25ClFNO2. The molecule has 0 aromatic heterocycles. The first-order valence-electron chi connectivity index (χ1n) is 7.91. The Labute approximate surface area is 136 Å². The van der Waals surface area contributed by atoms with Crippen molar-refractivity contribution in [3.05, 3.63) is 34.6 Å². The summed E-state index contributed by atoms with van der Waals surface area (Å²) in [6.45, 7) is 4.70. The minimum absolute atomic E-state index is 0.119. The molecule has 22 heavy (non-hydrogen) atoms. The van der Waals surface area contributed by atoms with Crippen molar-refractivity contribution < 1.29 is 14.2 Å². The van der Waals surface area contributed by atoms with Crippen LogP contribution in [0.5, 0.6) is 0 Å². The van der Waals surface area contributed by atoms with E-state index in [9.17, 15) is 9.50 Å². The summed E-state index contributed by atoms with van der Waals surface area (Å²) in [7, 11) is 0. The molecule has 1 aromatic rings. The van der Waals surface area contributed by atoms with Crippen LogP contribution in [0, 0.1) is 11.2 Å². The fraction of sp³-hybridized carbons (Fsp3) is 0.647. The van der Waals surface area contributed by atoms with E-state index in [2.05, 4.69) is 12.2 Å². The highest BCUT2D eigenvalue weighted by Gasteiger charge is 2.32. The number of rotatable bonds is 7. The molecule has 0 bridgehead atoms. The largest absolute Gasteiger partial charge is 0.396 e. The van der Waals surface area contributed by atoms with Gasteiger partial charge in [-0.1, -0.05) is 17.7 Å². The quantitative estimate of drug-likeness (QED) is 0.807. The van der Waals surface area contributed by atoms with Gasteiger partial charge in [-0.3, -0.25) is 0 Å². The number of hydrogen-bond donors (Lipinski definition) is 2. The van der Waals surface area contributed by atoms with Crippen LogP contribution in [0.25, 0.3) is 0 Å². The third-order valence-electron chi connectivity index (χ3n) is 4.56. The lowest BCUT2D eigenvalue weighted by atomic mass is 9.77. The molecule has 1 aliphatic rings. The van der Waals surface area contributed by atoms with Crippen molar-refractivity contribution in [3.63, 3.8) is 0 Å². The smallest absolute Gasteiger partial charge is 0.124 e. The van der Waals surface area contributed by atoms with Crippen LogP contribution in [0.4, 0.5) is 4.39 Å². The Morgan fingerprint density at radius 3 is 2.77 bits per heavy atom. The number of benzene rings is 1. The minimum Gasteiger partial charge on any atom is -0.396 e. The van der Waals surface area contributed by atoms with Gasteiger partial charge in [-0.15, -0.1) is 0 Å². The second-order valence-corrected chi connectivity index (χ2v) is 6.71. The molecule has 5 heteroatoms. The molecule has 0 spiro atoms. The van der Waals surface area contributed by atoms with Crippen LogP contribution in [-0.4, -0.2) is 37.5 Å². The van der Waals surface area contributed by atoms with Gasteiger partial charge in [0.25, 0.3) is 0 Å². The third-order valence-corrected chi connectivity index (χ3v) is 4.91. The topological polar surface area (TPSA) is 41.5 Å². The number of halogens is 2. The first-order chi connectivity index (χ1) is 10.5. The van der Waals surface area contributed by atoms with Crippen molar-refractivity contribution in [1.82, 2.24) is 5.32 Å². The van der Waals surface area contributed by atoms with Gasteiger partial charge in [0.1, 0.15) is 5.82 Å². The molecule has 1 aliphatic heterocycles. The highest BCUT2D eigenvalue weighted by atomic mass is 35.5. The second kappa shape index (κ2) is 8.25. The SMILES string of the molecule is C[C@@H](Cc1ccc(F)cc1Cl)NCC1(CCO)CCOCC1. The molecule has 1 heterocycles. The van der Waals surface area contributed by atoms with Gasteiger partial charge in [0.2, 0.25) is 0 Å². The van der Waals surface area contributed by atoms with Gasteiger partial charge in [0, 0.05) is 37.4 Å². The van der Waals surface area contributed by atoms with Crippen LogP contribution in [0.1, 0.15) is 31.7 Å². The van der Waals surface area contributed by atoms with Crippen LogP contribution in [0.15, 0.2) is 18.2 Å². The summed E-state index contributed by atoms with van der Waals surface area (Å²) in [6.07, 6.45) is 3.51. The number of nitrogens with one attached hydrogen (secondary N) is 1. The van der Waals surface area contributed by atoms with E-state index in [0.29, 0.717) is 5.02 Å². The van der Waals surface area contributed by atoms with Gasteiger partial charge >= 0.3 is 0 Å². The lowest BCUT2D eigenvalue weighted by Crippen LogP contribution is -2.43. The average molecular weight is 330 g/mol. The van der Waals surface area contributed by atoms with E-state index in [1.807, 2.05) is 0 Å². The van der Waals surface area contributed by atoms with Gasteiger partial charge < -0.3 is 15.2 Å². The van der Waals surface area contributed by atoms with Gasteiger partial charge in [0.05, 0.1) is 0 Å². The highest BCUT2D eigenvalue weighted by molar-refractivity contribution is 6.31. The van der Waals surface area contributed by atoms with Gasteiger partial charge in [-0.05, 0) is 55.7 Å². The lowest BCUT2D eigenvalue weighted by Gasteiger charge is -2.38. The van der Waals surface area contributed by atoms with Crippen LogP contribution in [0.3, 0.4) is 0 Å². The molecule has 0 radical (unpaired) electrons. The maximum atomic E-state index is 13.1. The summed E-state index contributed by atoms with van der Waals surface area (Å²) in [6, 6.07) is 4.78. The predicted octanol–water partition coefficient (Wildman–Crippen LogP) is 3.18. The zero-order valence-corrected chi connectivity index (χ0v) is 13.8. The Balaban J connectivity index is 1.89. The second-order valence-electron chi connectivity index (χ2n) is 6.31. The fourth-order valence-corrected chi connectivity index (χ4v) is 3.28. The molecule has 0 amide bonds. The molecule has 2 N–H and O–H groups in total. The molecule has 0 unspecified atom stereocenters. The van der Waals surface area contributed by atoms with Gasteiger partial charge in [-0.2, -0.15) is 0 Å². The lowest BCUT2D eigenvalue weighted by molar-refractivity contribution is 0.00153. The molecule has 1 fully saturated rings. The van der Waals surface area contributed by atoms with Crippen LogP contribution >= 0.6 is 11.6 Å². The molecule has 1 atom stereocenters. The molecule has 0 saturated carbocycles. The summed E-state index contributed by atoms with van der Waals surface area (Å²) in [4.78, 5) is 0. The summed E-state index contributed by atoms with van der Waals surface area (Å²) >= 11 is 6.08. The Morgan fingerprint density at radius 2 is 2.14 bits per heavy atom. The molecule has 0 aliphatic carbocycles. The molecule has 124 valence electrons. The van der Waals surface area contributed by atoms with Crippen molar-refractivity contribution in [3.8, 4) is 0 Å². The average Bonchev–Trinajstić information content (AvgIpc) is 2.50. The van der Waals surface area contributed by atoms with E-state index in [4.69, 9.17) is 16.3 Å². The van der Waals surface area contributed by atoms with Crippen molar-refractivity contribution in [2.75, 3.05) is 26.4 Å². The zero-order chi connectivity index (χ0) is 16.0. The maximum Gasteiger partial charge on any atom is 0.124 e. The van der Waals surface area contributed by atoms with E-state index < -0.39 is 0 Å². The Bertz CT molecular complexity index is 472. The summed E-state index contributed by atoms with van der Waals surface area (Å²) in [5, 5.41) is 13.4. The predicted molar refractivity (Wildman–Crippen MR) is 86.8 cm³/mol. The summed E-state index contributed by atoms with van der Waals surface area (Å²) in [5.74, 6) is -0.307. The zero-order valence-electron chi connectivity index (χ0n) is 13.1. The first kappa shape index (κ1) is 17.7. The summed E-state index contributed by atoms with van der Waals surface area (Å²) in [5.41, 5.74) is 1.07. The number of hydrogen-bond acceptors (Lipinski definition) is 3. The van der Waals surface area contributed by atoms with E-state index in [-0.39, 0.29) is 23.9 Å². The van der Waals surface area contributed by atoms with Crippen molar-refractivity contribution >= 4 is 11.6 Å². The van der Waals surface area contributed by atoms with Crippen LogP contribution in [-0.2, 0) is 11.2 Å². The van der Waals surface area contributed by atoms with E-state index >= 15 is 0 Å². The fourth-order valence-electron chi connectivity index (χ4n) is 3.04. The molecular weight excluding hydrogens is 305 g/mol. The molecule has 3 nitrogen and oxygen atoms in total. The van der Waals surface area contributed by atoms with E-state index in [1.54, 1.807) is 6.07 Å². The Morgan fingerprint density at radius 1 is 1.41 bits per heavy atom. The molecule has 1 saturated heterocycles. The van der Waals surface area contributed by atoms with E-state index in [1.165, 1.54) is 12.1 Å². The van der Waals surface area contributed by atoms with Crippen LogP contribution < -0.4 is 5.32 Å². The summed E-state index contributed by atoms with van der Waals surface area (Å²) < 4.78 is 18.5. The molecule has 1 aromatic carbocycles. The van der Waals surface area contributed by atoms with Crippen molar-refractivity contribution in [1.29, 1.82) is 0 Å².